The maximum Gasteiger partial charge on any atom is 0.223 e. The molecule has 0 fully saturated rings. The number of benzene rings is 2. The Kier molecular flexibility index (Phi) is 6.23. The first-order chi connectivity index (χ1) is 12.7. The summed E-state index contributed by atoms with van der Waals surface area (Å²) < 4.78 is 19.3. The predicted octanol–water partition coefficient (Wildman–Crippen LogP) is 5.83. The van der Waals surface area contributed by atoms with E-state index in [1.165, 1.54) is 29.5 Å². The zero-order chi connectivity index (χ0) is 18.4. The molecule has 0 N–H and O–H groups in total. The van der Waals surface area contributed by atoms with Gasteiger partial charge in [-0.15, -0.1) is 0 Å². The van der Waals surface area contributed by atoms with Crippen LogP contribution in [0.4, 0.5) is 4.39 Å². The van der Waals surface area contributed by atoms with E-state index in [1.807, 2.05) is 37.3 Å². The number of aromatic nitrogens is 2. The van der Waals surface area contributed by atoms with Crippen molar-refractivity contribution in [2.75, 3.05) is 0 Å². The lowest BCUT2D eigenvalue weighted by Crippen LogP contribution is -1.97. The van der Waals surface area contributed by atoms with Crippen LogP contribution in [0.1, 0.15) is 30.7 Å². The number of ether oxygens (including phenoxy) is 1. The highest BCUT2D eigenvalue weighted by Gasteiger charge is 2.08. The second-order valence-electron chi connectivity index (χ2n) is 5.86. The number of thioether (sulfide) groups is 1. The molecule has 0 atom stereocenters. The fourth-order valence-corrected chi connectivity index (χ4v) is 3.28. The highest BCUT2D eigenvalue weighted by Crippen LogP contribution is 2.26. The van der Waals surface area contributed by atoms with E-state index in [0.717, 1.165) is 29.8 Å². The van der Waals surface area contributed by atoms with Crippen molar-refractivity contribution in [2.45, 2.75) is 37.6 Å². The summed E-state index contributed by atoms with van der Waals surface area (Å²) in [6, 6.07) is 16.4. The average Bonchev–Trinajstić information content (AvgIpc) is 2.66. The fraction of sp³-hybridized carbons (Fsp3) is 0.238. The van der Waals surface area contributed by atoms with Crippen LogP contribution in [0, 0.1) is 5.82 Å². The van der Waals surface area contributed by atoms with Gasteiger partial charge in [-0.2, -0.15) is 4.98 Å². The van der Waals surface area contributed by atoms with Crippen LogP contribution in [0.15, 0.2) is 59.8 Å². The summed E-state index contributed by atoms with van der Waals surface area (Å²) >= 11 is 1.48. The number of aryl methyl sites for hydroxylation is 2. The molecule has 0 amide bonds. The molecule has 0 unspecified atom stereocenters. The first-order valence-corrected chi connectivity index (χ1v) is 9.67. The Morgan fingerprint density at radius 1 is 0.923 bits per heavy atom. The lowest BCUT2D eigenvalue weighted by atomic mass is 10.2. The van der Waals surface area contributed by atoms with Gasteiger partial charge in [0.25, 0.3) is 0 Å². The smallest absolute Gasteiger partial charge is 0.223 e. The summed E-state index contributed by atoms with van der Waals surface area (Å²) in [4.78, 5) is 9.05. The van der Waals surface area contributed by atoms with Crippen LogP contribution in [0.5, 0.6) is 11.6 Å². The van der Waals surface area contributed by atoms with Crippen LogP contribution in [0.2, 0.25) is 0 Å². The SMILES string of the molecule is CCc1cccc(Oc2cc(CC)nc(SCc3cccc(F)c3)n2)c1. The van der Waals surface area contributed by atoms with Gasteiger partial charge in [0.05, 0.1) is 0 Å². The van der Waals surface area contributed by atoms with Crippen LogP contribution in [0.25, 0.3) is 0 Å². The topological polar surface area (TPSA) is 35.0 Å². The normalized spacial score (nSPS) is 10.7. The molecule has 2 aromatic carbocycles. The van der Waals surface area contributed by atoms with E-state index in [9.17, 15) is 4.39 Å². The number of hydrogen-bond donors (Lipinski definition) is 0. The maximum absolute atomic E-state index is 13.3. The van der Waals surface area contributed by atoms with Gasteiger partial charge < -0.3 is 4.74 Å². The van der Waals surface area contributed by atoms with Crippen LogP contribution in [-0.4, -0.2) is 9.97 Å². The highest BCUT2D eigenvalue weighted by molar-refractivity contribution is 7.98. The molecular formula is C21H21FN2OS. The van der Waals surface area contributed by atoms with Crippen molar-refractivity contribution in [3.8, 4) is 11.6 Å². The first kappa shape index (κ1) is 18.4. The lowest BCUT2D eigenvalue weighted by molar-refractivity contribution is 0.453. The Hall–Kier alpha value is -2.40. The molecule has 5 heteroatoms. The number of nitrogens with zero attached hydrogens (tertiary/aromatic N) is 2. The monoisotopic (exact) mass is 368 g/mol. The number of hydrogen-bond acceptors (Lipinski definition) is 4. The minimum Gasteiger partial charge on any atom is -0.439 e. The van der Waals surface area contributed by atoms with Crippen molar-refractivity contribution < 1.29 is 9.13 Å². The molecule has 0 aliphatic rings. The second-order valence-corrected chi connectivity index (χ2v) is 6.80. The van der Waals surface area contributed by atoms with Crippen molar-refractivity contribution in [2.24, 2.45) is 0 Å². The molecule has 0 radical (unpaired) electrons. The summed E-state index contributed by atoms with van der Waals surface area (Å²) in [6.07, 6.45) is 1.75. The molecule has 1 aromatic heterocycles. The van der Waals surface area contributed by atoms with Crippen molar-refractivity contribution in [1.29, 1.82) is 0 Å². The predicted molar refractivity (Wildman–Crippen MR) is 103 cm³/mol. The highest BCUT2D eigenvalue weighted by atomic mass is 32.2. The molecule has 134 valence electrons. The Morgan fingerprint density at radius 3 is 2.50 bits per heavy atom. The van der Waals surface area contributed by atoms with E-state index in [0.29, 0.717) is 16.8 Å². The molecule has 0 saturated heterocycles. The van der Waals surface area contributed by atoms with Crippen molar-refractivity contribution >= 4 is 11.8 Å². The standard InChI is InChI=1S/C21H21FN2OS/c1-3-15-7-6-10-19(12-15)25-20-13-18(4-2)23-21(24-20)26-14-16-8-5-9-17(22)11-16/h5-13H,3-4,14H2,1-2H3. The molecule has 0 aliphatic carbocycles. The Balaban J connectivity index is 1.77. The van der Waals surface area contributed by atoms with E-state index < -0.39 is 0 Å². The molecule has 26 heavy (non-hydrogen) atoms. The minimum absolute atomic E-state index is 0.230. The zero-order valence-electron chi connectivity index (χ0n) is 14.9. The van der Waals surface area contributed by atoms with E-state index in [1.54, 1.807) is 6.07 Å². The number of halogens is 1. The lowest BCUT2D eigenvalue weighted by Gasteiger charge is -2.09. The van der Waals surface area contributed by atoms with Gasteiger partial charge in [-0.05, 0) is 48.2 Å². The second kappa shape index (κ2) is 8.81. The largest absolute Gasteiger partial charge is 0.439 e. The first-order valence-electron chi connectivity index (χ1n) is 8.68. The van der Waals surface area contributed by atoms with E-state index in [-0.39, 0.29) is 5.82 Å². The van der Waals surface area contributed by atoms with Crippen LogP contribution in [0.3, 0.4) is 0 Å². The Morgan fingerprint density at radius 2 is 1.73 bits per heavy atom. The minimum atomic E-state index is -0.230. The molecule has 3 rings (SSSR count). The van der Waals surface area contributed by atoms with Gasteiger partial charge in [0.1, 0.15) is 11.6 Å². The van der Waals surface area contributed by atoms with Crippen molar-refractivity contribution in [1.82, 2.24) is 9.97 Å². The molecule has 0 aliphatic heterocycles. The summed E-state index contributed by atoms with van der Waals surface area (Å²) in [5, 5.41) is 0.634. The van der Waals surface area contributed by atoms with E-state index in [4.69, 9.17) is 4.74 Å². The van der Waals surface area contributed by atoms with Crippen molar-refractivity contribution in [3.05, 3.63) is 77.2 Å². The maximum atomic E-state index is 13.3. The fourth-order valence-electron chi connectivity index (χ4n) is 2.47. The van der Waals surface area contributed by atoms with Crippen molar-refractivity contribution in [3.63, 3.8) is 0 Å². The van der Waals surface area contributed by atoms with Gasteiger partial charge in [-0.1, -0.05) is 49.9 Å². The third kappa shape index (κ3) is 5.05. The molecular weight excluding hydrogens is 347 g/mol. The quantitative estimate of drug-likeness (QED) is 0.388. The molecule has 0 bridgehead atoms. The Labute approximate surface area is 157 Å². The van der Waals surface area contributed by atoms with E-state index >= 15 is 0 Å². The summed E-state index contributed by atoms with van der Waals surface area (Å²) in [7, 11) is 0. The molecule has 0 saturated carbocycles. The summed E-state index contributed by atoms with van der Waals surface area (Å²) in [5.74, 6) is 1.68. The van der Waals surface area contributed by atoms with Gasteiger partial charge in [-0.25, -0.2) is 9.37 Å². The number of rotatable bonds is 7. The molecule has 0 spiro atoms. The average molecular weight is 368 g/mol. The van der Waals surface area contributed by atoms with Crippen LogP contribution < -0.4 is 4.74 Å². The van der Waals surface area contributed by atoms with Gasteiger partial charge in [0, 0.05) is 17.5 Å². The van der Waals surface area contributed by atoms with Crippen LogP contribution >= 0.6 is 11.8 Å². The third-order valence-corrected chi connectivity index (χ3v) is 4.80. The summed E-state index contributed by atoms with van der Waals surface area (Å²) in [5.41, 5.74) is 3.04. The molecule has 1 heterocycles. The summed E-state index contributed by atoms with van der Waals surface area (Å²) in [6.45, 7) is 4.16. The van der Waals surface area contributed by atoms with Crippen LogP contribution in [-0.2, 0) is 18.6 Å². The van der Waals surface area contributed by atoms with Gasteiger partial charge in [0.2, 0.25) is 5.88 Å². The zero-order valence-corrected chi connectivity index (χ0v) is 15.7. The van der Waals surface area contributed by atoms with Gasteiger partial charge >= 0.3 is 0 Å². The van der Waals surface area contributed by atoms with E-state index in [2.05, 4.69) is 23.0 Å². The van der Waals surface area contributed by atoms with Gasteiger partial charge in [-0.3, -0.25) is 0 Å². The molecule has 3 nitrogen and oxygen atoms in total. The third-order valence-electron chi connectivity index (χ3n) is 3.88. The van der Waals surface area contributed by atoms with Gasteiger partial charge in [0.15, 0.2) is 5.16 Å². The molecule has 3 aromatic rings. The Bertz CT molecular complexity index is 885.